The van der Waals surface area contributed by atoms with Crippen molar-refractivity contribution in [3.8, 4) is 0 Å². The lowest BCUT2D eigenvalue weighted by atomic mass is 10.1. The van der Waals surface area contributed by atoms with E-state index in [0.29, 0.717) is 6.04 Å². The Morgan fingerprint density at radius 1 is 1.28 bits per heavy atom. The van der Waals surface area contributed by atoms with Crippen molar-refractivity contribution >= 4 is 30.8 Å². The predicted molar refractivity (Wildman–Crippen MR) is 80.0 cm³/mol. The van der Waals surface area contributed by atoms with Gasteiger partial charge in [0.1, 0.15) is 0 Å². The summed E-state index contributed by atoms with van der Waals surface area (Å²) in [4.78, 5) is 10.9. The van der Waals surface area contributed by atoms with Crippen molar-refractivity contribution in [2.24, 2.45) is 0 Å². The molecule has 0 spiro atoms. The molecule has 0 radical (unpaired) electrons. The Kier molecular flexibility index (Phi) is 8.71. The van der Waals surface area contributed by atoms with Crippen LogP contribution in [0.4, 0.5) is 5.95 Å². The molecule has 1 aromatic heterocycles. The minimum atomic E-state index is 0. The summed E-state index contributed by atoms with van der Waals surface area (Å²) in [6, 6.07) is 2.37. The molecule has 1 fully saturated rings. The number of rotatable bonds is 4. The molecule has 0 atom stereocenters. The minimum absolute atomic E-state index is 0. The van der Waals surface area contributed by atoms with Gasteiger partial charge in [-0.3, -0.25) is 0 Å². The molecule has 102 valence electrons. The zero-order chi connectivity index (χ0) is 11.2. The number of anilines is 1. The van der Waals surface area contributed by atoms with Crippen LogP contribution in [0.5, 0.6) is 0 Å². The molecule has 18 heavy (non-hydrogen) atoms. The van der Waals surface area contributed by atoms with Crippen molar-refractivity contribution in [3.63, 3.8) is 0 Å². The molecule has 0 bridgehead atoms. The van der Waals surface area contributed by atoms with Gasteiger partial charge in [-0.2, -0.15) is 0 Å². The van der Waals surface area contributed by atoms with E-state index in [2.05, 4.69) is 26.8 Å². The van der Waals surface area contributed by atoms with Gasteiger partial charge in [-0.1, -0.05) is 6.08 Å². The van der Waals surface area contributed by atoms with Gasteiger partial charge in [-0.25, -0.2) is 9.97 Å². The first-order valence-corrected chi connectivity index (χ1v) is 5.77. The maximum Gasteiger partial charge on any atom is 0.225 e. The molecule has 6 heteroatoms. The topological polar surface area (TPSA) is 41.1 Å². The van der Waals surface area contributed by atoms with Gasteiger partial charge in [0.15, 0.2) is 0 Å². The summed E-state index contributed by atoms with van der Waals surface area (Å²) < 4.78 is 0. The molecule has 1 aliphatic heterocycles. The maximum atomic E-state index is 4.32. The second-order valence-corrected chi connectivity index (χ2v) is 3.97. The zero-order valence-electron chi connectivity index (χ0n) is 10.3. The van der Waals surface area contributed by atoms with Crippen molar-refractivity contribution < 1.29 is 0 Å². The Bertz CT molecular complexity index is 328. The van der Waals surface area contributed by atoms with Gasteiger partial charge in [-0.05, 0) is 32.0 Å². The molecule has 0 unspecified atom stereocenters. The Morgan fingerprint density at radius 2 is 1.89 bits per heavy atom. The Hall–Kier alpha value is -0.840. The molecular formula is C12H20Cl2N4. The largest absolute Gasteiger partial charge is 0.334 e. The average Bonchev–Trinajstić information content (AvgIpc) is 2.38. The summed E-state index contributed by atoms with van der Waals surface area (Å²) in [6.45, 7) is 6.77. The van der Waals surface area contributed by atoms with E-state index < -0.39 is 0 Å². The van der Waals surface area contributed by atoms with Crippen molar-refractivity contribution in [2.75, 3.05) is 24.5 Å². The summed E-state index contributed by atoms with van der Waals surface area (Å²) in [5.41, 5.74) is 0. The number of hydrogen-bond donors (Lipinski definition) is 1. The molecule has 1 N–H and O–H groups in total. The van der Waals surface area contributed by atoms with Gasteiger partial charge in [-0.15, -0.1) is 31.4 Å². The highest BCUT2D eigenvalue weighted by Crippen LogP contribution is 2.16. The van der Waals surface area contributed by atoms with E-state index >= 15 is 0 Å². The third kappa shape index (κ3) is 4.44. The molecule has 1 saturated heterocycles. The Labute approximate surface area is 121 Å². The first kappa shape index (κ1) is 17.2. The van der Waals surface area contributed by atoms with E-state index in [1.807, 2.05) is 12.1 Å². The van der Waals surface area contributed by atoms with Gasteiger partial charge in [0.25, 0.3) is 0 Å². The average molecular weight is 291 g/mol. The fraction of sp³-hybridized carbons (Fsp3) is 0.500. The van der Waals surface area contributed by atoms with Gasteiger partial charge < -0.3 is 10.2 Å². The number of aromatic nitrogens is 2. The monoisotopic (exact) mass is 290 g/mol. The van der Waals surface area contributed by atoms with Crippen molar-refractivity contribution in [1.82, 2.24) is 15.3 Å². The molecule has 0 saturated carbocycles. The smallest absolute Gasteiger partial charge is 0.225 e. The third-order valence-electron chi connectivity index (χ3n) is 2.88. The highest BCUT2D eigenvalue weighted by molar-refractivity contribution is 5.85. The van der Waals surface area contributed by atoms with E-state index in [1.165, 1.54) is 0 Å². The number of nitrogens with one attached hydrogen (secondary N) is 1. The van der Waals surface area contributed by atoms with Gasteiger partial charge >= 0.3 is 0 Å². The van der Waals surface area contributed by atoms with Crippen molar-refractivity contribution in [2.45, 2.75) is 18.9 Å². The first-order valence-electron chi connectivity index (χ1n) is 5.77. The summed E-state index contributed by atoms with van der Waals surface area (Å²) in [6.07, 6.45) is 7.79. The molecule has 0 aliphatic carbocycles. The van der Waals surface area contributed by atoms with Gasteiger partial charge in [0.05, 0.1) is 0 Å². The number of nitrogens with zero attached hydrogens (tertiary/aromatic N) is 3. The molecule has 1 aliphatic rings. The van der Waals surface area contributed by atoms with Crippen LogP contribution in [0.15, 0.2) is 31.1 Å². The van der Waals surface area contributed by atoms with Crippen LogP contribution >= 0.6 is 24.8 Å². The number of hydrogen-bond acceptors (Lipinski definition) is 4. The van der Waals surface area contributed by atoms with Gasteiger partial charge in [0, 0.05) is 25.0 Å². The highest BCUT2D eigenvalue weighted by atomic mass is 35.5. The van der Waals surface area contributed by atoms with Crippen molar-refractivity contribution in [1.29, 1.82) is 0 Å². The lowest BCUT2D eigenvalue weighted by Crippen LogP contribution is -2.44. The van der Waals surface area contributed by atoms with Crippen LogP contribution in [-0.2, 0) is 0 Å². The molecule has 2 heterocycles. The molecule has 1 aromatic rings. The first-order chi connectivity index (χ1) is 7.92. The Balaban J connectivity index is 0.00000144. The fourth-order valence-electron chi connectivity index (χ4n) is 2.09. The van der Waals surface area contributed by atoms with E-state index in [-0.39, 0.29) is 24.8 Å². The zero-order valence-corrected chi connectivity index (χ0v) is 11.9. The number of halogens is 2. The van der Waals surface area contributed by atoms with E-state index in [1.54, 1.807) is 12.4 Å². The Morgan fingerprint density at radius 3 is 2.44 bits per heavy atom. The van der Waals surface area contributed by atoms with Crippen LogP contribution in [-0.4, -0.2) is 35.6 Å². The van der Waals surface area contributed by atoms with E-state index in [0.717, 1.165) is 38.4 Å². The van der Waals surface area contributed by atoms with Crippen LogP contribution < -0.4 is 10.2 Å². The third-order valence-corrected chi connectivity index (χ3v) is 2.88. The number of piperidine rings is 1. The summed E-state index contributed by atoms with van der Waals surface area (Å²) in [7, 11) is 0. The molecular weight excluding hydrogens is 271 g/mol. The molecule has 0 amide bonds. The lowest BCUT2D eigenvalue weighted by molar-refractivity contribution is 0.433. The summed E-state index contributed by atoms with van der Waals surface area (Å²) in [5, 5.41) is 3.37. The lowest BCUT2D eigenvalue weighted by Gasteiger charge is -2.33. The van der Waals surface area contributed by atoms with Crippen LogP contribution in [0, 0.1) is 0 Å². The SMILES string of the molecule is C=CCN(c1ncccn1)C1CCNCC1.Cl.Cl. The highest BCUT2D eigenvalue weighted by Gasteiger charge is 2.21. The second-order valence-electron chi connectivity index (χ2n) is 3.97. The summed E-state index contributed by atoms with van der Waals surface area (Å²) >= 11 is 0. The van der Waals surface area contributed by atoms with Crippen LogP contribution in [0.3, 0.4) is 0 Å². The van der Waals surface area contributed by atoms with E-state index in [9.17, 15) is 0 Å². The van der Waals surface area contributed by atoms with Crippen LogP contribution in [0.1, 0.15) is 12.8 Å². The van der Waals surface area contributed by atoms with Crippen LogP contribution in [0.25, 0.3) is 0 Å². The predicted octanol–water partition coefficient (Wildman–Crippen LogP) is 2.06. The summed E-state index contributed by atoms with van der Waals surface area (Å²) in [5.74, 6) is 0.814. The van der Waals surface area contributed by atoms with Crippen molar-refractivity contribution in [3.05, 3.63) is 31.1 Å². The maximum absolute atomic E-state index is 4.32. The standard InChI is InChI=1S/C12H18N4.2ClH/c1-2-10-16(11-4-8-13-9-5-11)12-14-6-3-7-15-12;;/h2-3,6-7,11,13H,1,4-5,8-10H2;2*1H. The second kappa shape index (κ2) is 9.14. The van der Waals surface area contributed by atoms with E-state index in [4.69, 9.17) is 0 Å². The fourth-order valence-corrected chi connectivity index (χ4v) is 2.09. The normalized spacial score (nSPS) is 15.1. The molecule has 4 nitrogen and oxygen atoms in total. The van der Waals surface area contributed by atoms with Crippen LogP contribution in [0.2, 0.25) is 0 Å². The molecule has 2 rings (SSSR count). The minimum Gasteiger partial charge on any atom is -0.334 e. The van der Waals surface area contributed by atoms with Gasteiger partial charge in [0.2, 0.25) is 5.95 Å². The molecule has 0 aromatic carbocycles. The quantitative estimate of drug-likeness (QED) is 0.862.